The van der Waals surface area contributed by atoms with Gasteiger partial charge in [0.15, 0.2) is 5.16 Å². The fourth-order valence-electron chi connectivity index (χ4n) is 3.00. The lowest BCUT2D eigenvalue weighted by Crippen LogP contribution is -2.33. The second kappa shape index (κ2) is 11.1. The van der Waals surface area contributed by atoms with Gasteiger partial charge in [0, 0.05) is 25.0 Å². The van der Waals surface area contributed by atoms with Gasteiger partial charge in [0.1, 0.15) is 17.7 Å². The molecule has 34 heavy (non-hydrogen) atoms. The van der Waals surface area contributed by atoms with Gasteiger partial charge in [0.2, 0.25) is 5.91 Å². The third-order valence-corrected chi connectivity index (χ3v) is 5.48. The molecule has 2 amide bonds. The van der Waals surface area contributed by atoms with E-state index in [0.29, 0.717) is 17.4 Å². The van der Waals surface area contributed by atoms with E-state index in [4.69, 9.17) is 9.47 Å². The minimum atomic E-state index is -0.559. The highest BCUT2D eigenvalue weighted by Gasteiger charge is 2.19. The predicted octanol–water partition coefficient (Wildman–Crippen LogP) is 4.37. The Morgan fingerprint density at radius 1 is 1.15 bits per heavy atom. The van der Waals surface area contributed by atoms with Crippen LogP contribution in [-0.4, -0.2) is 57.2 Å². The summed E-state index contributed by atoms with van der Waals surface area (Å²) < 4.78 is 12.4. The summed E-state index contributed by atoms with van der Waals surface area (Å²) in [6, 6.07) is 14.9. The van der Waals surface area contributed by atoms with E-state index in [1.54, 1.807) is 26.6 Å². The number of hydrogen-bond donors (Lipinski definition) is 1. The van der Waals surface area contributed by atoms with Gasteiger partial charge in [0.25, 0.3) is 0 Å². The third kappa shape index (κ3) is 7.24. The molecule has 10 heteroatoms. The topological polar surface area (TPSA) is 98.6 Å². The zero-order chi connectivity index (χ0) is 24.7. The number of nitrogens with one attached hydrogen (secondary N) is 1. The van der Waals surface area contributed by atoms with Crippen molar-refractivity contribution in [2.24, 2.45) is 0 Å². The van der Waals surface area contributed by atoms with Crippen LogP contribution in [0.5, 0.6) is 5.75 Å². The fraction of sp³-hybridized carbons (Fsp3) is 0.333. The zero-order valence-electron chi connectivity index (χ0n) is 19.9. The van der Waals surface area contributed by atoms with Crippen molar-refractivity contribution in [1.82, 2.24) is 19.7 Å². The number of nitrogens with zero attached hydrogens (tertiary/aromatic N) is 4. The average molecular weight is 484 g/mol. The molecule has 0 aliphatic heterocycles. The van der Waals surface area contributed by atoms with E-state index in [2.05, 4.69) is 15.5 Å². The predicted molar refractivity (Wildman–Crippen MR) is 131 cm³/mol. The largest absolute Gasteiger partial charge is 0.497 e. The fourth-order valence-corrected chi connectivity index (χ4v) is 3.72. The van der Waals surface area contributed by atoms with E-state index in [1.165, 1.54) is 16.7 Å². The number of hydrogen-bond acceptors (Lipinski definition) is 7. The summed E-state index contributed by atoms with van der Waals surface area (Å²) >= 11 is 1.29. The molecule has 0 spiro atoms. The Balaban J connectivity index is 1.56. The first kappa shape index (κ1) is 25.1. The minimum Gasteiger partial charge on any atom is -0.497 e. The monoisotopic (exact) mass is 483 g/mol. The van der Waals surface area contributed by atoms with Crippen LogP contribution in [0.4, 0.5) is 10.5 Å². The number of aromatic nitrogens is 3. The van der Waals surface area contributed by atoms with Crippen LogP contribution in [0.15, 0.2) is 60.0 Å². The van der Waals surface area contributed by atoms with Crippen LogP contribution < -0.4 is 10.1 Å². The van der Waals surface area contributed by atoms with Gasteiger partial charge < -0.3 is 19.7 Å². The van der Waals surface area contributed by atoms with E-state index in [-0.39, 0.29) is 11.7 Å². The number of amides is 2. The van der Waals surface area contributed by atoms with Crippen molar-refractivity contribution < 1.29 is 19.1 Å². The Labute approximate surface area is 203 Å². The molecule has 3 rings (SSSR count). The summed E-state index contributed by atoms with van der Waals surface area (Å²) in [7, 11) is 3.29. The molecular formula is C24H29N5O4S. The second-order valence-electron chi connectivity index (χ2n) is 8.56. The molecule has 0 bridgehead atoms. The number of carbonyl (C=O) groups excluding carboxylic acids is 2. The maximum absolute atomic E-state index is 12.5. The van der Waals surface area contributed by atoms with Gasteiger partial charge in [0.05, 0.1) is 12.9 Å². The van der Waals surface area contributed by atoms with Gasteiger partial charge in [-0.2, -0.15) is 0 Å². The highest BCUT2D eigenvalue weighted by atomic mass is 32.2. The van der Waals surface area contributed by atoms with E-state index in [1.807, 2.05) is 67.8 Å². The summed E-state index contributed by atoms with van der Waals surface area (Å²) in [5, 5.41) is 11.6. The molecule has 2 aromatic carbocycles. The van der Waals surface area contributed by atoms with E-state index < -0.39 is 11.7 Å². The quantitative estimate of drug-likeness (QED) is 0.475. The van der Waals surface area contributed by atoms with E-state index in [9.17, 15) is 9.59 Å². The van der Waals surface area contributed by atoms with Crippen LogP contribution in [0.1, 0.15) is 26.3 Å². The molecule has 0 radical (unpaired) electrons. The molecule has 0 aliphatic rings. The Bertz CT molecular complexity index is 1120. The molecule has 1 N–H and O–H groups in total. The molecule has 3 aromatic rings. The Morgan fingerprint density at radius 3 is 2.56 bits per heavy atom. The Hall–Kier alpha value is -3.53. The first-order chi connectivity index (χ1) is 16.1. The normalized spacial score (nSPS) is 11.1. The highest BCUT2D eigenvalue weighted by molar-refractivity contribution is 7.99. The minimum absolute atomic E-state index is 0.164. The van der Waals surface area contributed by atoms with Gasteiger partial charge in [-0.05, 0) is 62.7 Å². The zero-order valence-corrected chi connectivity index (χ0v) is 20.8. The lowest BCUT2D eigenvalue weighted by atomic mass is 10.2. The van der Waals surface area contributed by atoms with Crippen LogP contribution in [-0.2, 0) is 16.1 Å². The number of rotatable bonds is 8. The van der Waals surface area contributed by atoms with Crippen molar-refractivity contribution in [2.75, 3.05) is 25.2 Å². The smallest absolute Gasteiger partial charge is 0.410 e. The van der Waals surface area contributed by atoms with Gasteiger partial charge >= 0.3 is 6.09 Å². The molecule has 0 saturated carbocycles. The summed E-state index contributed by atoms with van der Waals surface area (Å²) in [5.74, 6) is 0.744. The first-order valence-electron chi connectivity index (χ1n) is 10.6. The van der Waals surface area contributed by atoms with Crippen molar-refractivity contribution in [3.8, 4) is 11.4 Å². The van der Waals surface area contributed by atoms with Crippen LogP contribution >= 0.6 is 11.8 Å². The van der Waals surface area contributed by atoms with Crippen molar-refractivity contribution in [3.63, 3.8) is 0 Å². The molecule has 0 saturated heterocycles. The molecule has 0 aliphatic carbocycles. The number of carbonyl (C=O) groups is 2. The van der Waals surface area contributed by atoms with Crippen LogP contribution in [0.3, 0.4) is 0 Å². The molecule has 1 heterocycles. The van der Waals surface area contributed by atoms with Crippen molar-refractivity contribution in [2.45, 2.75) is 38.1 Å². The Morgan fingerprint density at radius 2 is 1.88 bits per heavy atom. The third-order valence-electron chi connectivity index (χ3n) is 4.54. The molecular weight excluding hydrogens is 454 g/mol. The van der Waals surface area contributed by atoms with E-state index in [0.717, 1.165) is 17.0 Å². The number of benzene rings is 2. The summed E-state index contributed by atoms with van der Waals surface area (Å²) in [6.07, 6.45) is 1.20. The maximum Gasteiger partial charge on any atom is 0.410 e. The lowest BCUT2D eigenvalue weighted by Gasteiger charge is -2.24. The Kier molecular flexibility index (Phi) is 8.17. The number of thioether (sulfide) groups is 1. The van der Waals surface area contributed by atoms with Crippen LogP contribution in [0.2, 0.25) is 0 Å². The van der Waals surface area contributed by atoms with Gasteiger partial charge in [-0.25, -0.2) is 4.79 Å². The lowest BCUT2D eigenvalue weighted by molar-refractivity contribution is -0.113. The maximum atomic E-state index is 12.5. The van der Waals surface area contributed by atoms with Gasteiger partial charge in [-0.1, -0.05) is 23.9 Å². The molecule has 0 fully saturated rings. The molecule has 9 nitrogen and oxygen atoms in total. The van der Waals surface area contributed by atoms with Crippen molar-refractivity contribution in [3.05, 3.63) is 60.4 Å². The molecule has 1 aromatic heterocycles. The van der Waals surface area contributed by atoms with Gasteiger partial charge in [-0.3, -0.25) is 9.36 Å². The second-order valence-corrected chi connectivity index (χ2v) is 9.50. The van der Waals surface area contributed by atoms with Gasteiger partial charge in [-0.15, -0.1) is 10.2 Å². The molecule has 0 atom stereocenters. The van der Waals surface area contributed by atoms with Crippen LogP contribution in [0.25, 0.3) is 5.69 Å². The van der Waals surface area contributed by atoms with Crippen LogP contribution in [0, 0.1) is 0 Å². The van der Waals surface area contributed by atoms with Crippen molar-refractivity contribution in [1.29, 1.82) is 0 Å². The first-order valence-corrected chi connectivity index (χ1v) is 11.6. The summed E-state index contributed by atoms with van der Waals surface area (Å²) in [5.41, 5.74) is 1.84. The SMILES string of the molecule is COc1ccc(-n2cnnc2SCC(=O)Nc2cccc(CN(C)C(=O)OC(C)(C)C)c2)cc1. The number of methoxy groups -OCH3 is 1. The number of ether oxygens (including phenoxy) is 2. The van der Waals surface area contributed by atoms with Crippen molar-refractivity contribution >= 4 is 29.4 Å². The van der Waals surface area contributed by atoms with E-state index >= 15 is 0 Å². The number of anilines is 1. The summed E-state index contributed by atoms with van der Waals surface area (Å²) in [6.45, 7) is 5.84. The standard InChI is InChI=1S/C24H29N5O4S/c1-24(2,3)33-23(31)28(4)14-17-7-6-8-18(13-17)26-21(30)15-34-22-27-25-16-29(22)19-9-11-20(32-5)12-10-19/h6-13,16H,14-15H2,1-5H3,(H,26,30). The molecule has 0 unspecified atom stereocenters. The average Bonchev–Trinajstić information content (AvgIpc) is 3.25. The summed E-state index contributed by atoms with van der Waals surface area (Å²) in [4.78, 5) is 26.2. The molecule has 180 valence electrons. The highest BCUT2D eigenvalue weighted by Crippen LogP contribution is 2.22.